The number of nitrogens with one attached hydrogen (secondary N) is 2. The predicted molar refractivity (Wildman–Crippen MR) is 143 cm³/mol. The molecule has 11 nitrogen and oxygen atoms in total. The number of halogens is 1. The highest BCUT2D eigenvalue weighted by atomic mass is 32.2. The molecular weight excluding hydrogens is 525 g/mol. The molecule has 204 valence electrons. The molecule has 3 atom stereocenters. The molecule has 4 heterocycles. The first kappa shape index (κ1) is 25.4. The van der Waals surface area contributed by atoms with Gasteiger partial charge in [-0.3, -0.25) is 9.36 Å². The molecule has 0 radical (unpaired) electrons. The van der Waals surface area contributed by atoms with Gasteiger partial charge in [0.05, 0.1) is 40.4 Å². The molecule has 3 aromatic heterocycles. The number of rotatable bonds is 7. The Balaban J connectivity index is 1.44. The van der Waals surface area contributed by atoms with Crippen LogP contribution in [0.1, 0.15) is 37.7 Å². The van der Waals surface area contributed by atoms with Crippen LogP contribution in [-0.2, 0) is 27.3 Å². The summed E-state index contributed by atoms with van der Waals surface area (Å²) in [5.41, 5.74) is 3.23. The number of carbonyl (C=O) groups excluding carboxylic acids is 1. The van der Waals surface area contributed by atoms with E-state index in [1.807, 2.05) is 18.5 Å². The summed E-state index contributed by atoms with van der Waals surface area (Å²) in [7, 11) is -1.13. The van der Waals surface area contributed by atoms with E-state index in [0.29, 0.717) is 40.5 Å². The van der Waals surface area contributed by atoms with E-state index in [-0.39, 0.29) is 23.4 Å². The van der Waals surface area contributed by atoms with Crippen LogP contribution in [-0.4, -0.2) is 51.2 Å². The molecule has 1 amide bonds. The monoisotopic (exact) mass is 553 g/mol. The smallest absolute Gasteiger partial charge is 0.231 e. The number of aryl methyl sites for hydroxylation is 2. The lowest BCUT2D eigenvalue weighted by Crippen LogP contribution is -2.20. The van der Waals surface area contributed by atoms with Crippen molar-refractivity contribution in [2.75, 3.05) is 17.2 Å². The van der Waals surface area contributed by atoms with E-state index in [0.717, 1.165) is 25.0 Å². The Morgan fingerprint density at radius 3 is 2.67 bits per heavy atom. The number of benzene rings is 1. The normalized spacial score (nSPS) is 20.9. The Morgan fingerprint density at radius 2 is 2.00 bits per heavy atom. The van der Waals surface area contributed by atoms with Gasteiger partial charge < -0.3 is 19.9 Å². The van der Waals surface area contributed by atoms with Crippen LogP contribution in [0.3, 0.4) is 0 Å². The van der Waals surface area contributed by atoms with Gasteiger partial charge in [0, 0.05) is 25.3 Å². The largest absolute Gasteiger partial charge is 0.358 e. The lowest BCUT2D eigenvalue weighted by atomic mass is 10.1. The third-order valence-electron chi connectivity index (χ3n) is 7.15. The summed E-state index contributed by atoms with van der Waals surface area (Å²) in [5.74, 6) is -0.252. The van der Waals surface area contributed by atoms with Crippen molar-refractivity contribution < 1.29 is 22.3 Å². The van der Waals surface area contributed by atoms with Crippen LogP contribution >= 0.6 is 0 Å². The summed E-state index contributed by atoms with van der Waals surface area (Å²) in [6.07, 6.45) is 4.83. The molecule has 1 aliphatic carbocycles. The lowest BCUT2D eigenvalue weighted by Gasteiger charge is -2.25. The maximum atomic E-state index is 13.6. The highest BCUT2D eigenvalue weighted by molar-refractivity contribution is 7.72. The van der Waals surface area contributed by atoms with Gasteiger partial charge >= 0.3 is 0 Å². The number of thiol groups is 1. The third-order valence-corrected chi connectivity index (χ3v) is 7.91. The number of anilines is 3. The summed E-state index contributed by atoms with van der Waals surface area (Å²) in [6.45, 7) is 2.47. The fourth-order valence-electron chi connectivity index (χ4n) is 4.99. The van der Waals surface area contributed by atoms with Gasteiger partial charge in [-0.15, -0.1) is 0 Å². The molecule has 39 heavy (non-hydrogen) atoms. The van der Waals surface area contributed by atoms with Gasteiger partial charge in [0.25, 0.3) is 0 Å². The van der Waals surface area contributed by atoms with E-state index in [1.54, 1.807) is 41.4 Å². The van der Waals surface area contributed by atoms with E-state index in [9.17, 15) is 17.6 Å². The zero-order chi connectivity index (χ0) is 27.3. The van der Waals surface area contributed by atoms with Gasteiger partial charge in [0.1, 0.15) is 29.6 Å². The Bertz CT molecular complexity index is 1650. The van der Waals surface area contributed by atoms with Gasteiger partial charge in [-0.1, -0.05) is 6.07 Å². The van der Waals surface area contributed by atoms with Crippen molar-refractivity contribution in [1.82, 2.24) is 24.1 Å². The lowest BCUT2D eigenvalue weighted by molar-refractivity contribution is -0.117. The number of ether oxygens (including phenoxy) is 1. The molecule has 1 aliphatic heterocycles. The molecule has 1 unspecified atom stereocenters. The zero-order valence-electron chi connectivity index (χ0n) is 21.4. The highest BCUT2D eigenvalue weighted by Crippen LogP contribution is 2.37. The minimum atomic E-state index is -2.96. The van der Waals surface area contributed by atoms with E-state index in [4.69, 9.17) is 9.72 Å². The number of alkyl halides is 1. The average Bonchev–Trinajstić information content (AvgIpc) is 3.34. The van der Waals surface area contributed by atoms with Crippen molar-refractivity contribution in [3.8, 4) is 11.3 Å². The van der Waals surface area contributed by atoms with Crippen molar-refractivity contribution in [2.24, 2.45) is 13.0 Å². The van der Waals surface area contributed by atoms with Crippen molar-refractivity contribution in [3.63, 3.8) is 0 Å². The fraction of sp³-hybridized carbons (Fsp3) is 0.385. The molecule has 2 fully saturated rings. The van der Waals surface area contributed by atoms with E-state index < -0.39 is 28.7 Å². The Morgan fingerprint density at radius 1 is 1.18 bits per heavy atom. The third kappa shape index (κ3) is 4.87. The second-order valence-corrected chi connectivity index (χ2v) is 10.9. The molecule has 0 spiro atoms. The molecule has 2 aliphatic rings. The summed E-state index contributed by atoms with van der Waals surface area (Å²) < 4.78 is 47.9. The first-order chi connectivity index (χ1) is 18.8. The fourth-order valence-corrected chi connectivity index (χ4v) is 5.56. The predicted octanol–water partition coefficient (Wildman–Crippen LogP) is 3.85. The van der Waals surface area contributed by atoms with E-state index in [2.05, 4.69) is 20.6 Å². The van der Waals surface area contributed by atoms with E-state index in [1.165, 1.54) is 0 Å². The molecule has 2 N–H and O–H groups in total. The molecule has 1 saturated heterocycles. The first-order valence-corrected chi connectivity index (χ1v) is 14.0. The molecular formula is C26H28FN7O4S. The number of imidazole rings is 2. The molecule has 13 heteroatoms. The van der Waals surface area contributed by atoms with Crippen molar-refractivity contribution in [3.05, 3.63) is 42.6 Å². The minimum Gasteiger partial charge on any atom is -0.358 e. The first-order valence-electron chi connectivity index (χ1n) is 12.8. The van der Waals surface area contributed by atoms with Gasteiger partial charge in [-0.05, 0) is 44.7 Å². The van der Waals surface area contributed by atoms with Gasteiger partial charge in [0.2, 0.25) is 5.91 Å². The van der Waals surface area contributed by atoms with Gasteiger partial charge in [-0.25, -0.2) is 27.8 Å². The van der Waals surface area contributed by atoms with Gasteiger partial charge in [-0.2, -0.15) is 0 Å². The molecule has 1 saturated carbocycles. The van der Waals surface area contributed by atoms with Crippen LogP contribution in [0.15, 0.2) is 41.7 Å². The second-order valence-electron chi connectivity index (χ2n) is 9.93. The number of fused-ring (bicyclic) bond motifs is 1. The molecule has 6 rings (SSSR count). The topological polar surface area (TPSA) is 133 Å². The number of carbonyl (C=O) groups is 1. The number of nitrogens with zero attached hydrogens (tertiary/aromatic N) is 5. The summed E-state index contributed by atoms with van der Waals surface area (Å²) in [4.78, 5) is 26.1. The summed E-state index contributed by atoms with van der Waals surface area (Å²) >= 11 is 0. The molecule has 4 aromatic rings. The summed E-state index contributed by atoms with van der Waals surface area (Å²) in [6, 6.07) is 6.65. The van der Waals surface area contributed by atoms with Crippen LogP contribution < -0.4 is 10.6 Å². The Hall–Kier alpha value is -3.84. The number of hydrogen-bond donors (Lipinski definition) is 3. The number of hydrogen-bond acceptors (Lipinski definition) is 8. The second kappa shape index (κ2) is 10.0. The number of aromatic nitrogens is 5. The van der Waals surface area contributed by atoms with E-state index >= 15 is 0 Å². The summed E-state index contributed by atoms with van der Waals surface area (Å²) in [5, 5.41) is 5.93. The number of amides is 1. The van der Waals surface area contributed by atoms with Gasteiger partial charge in [0.15, 0.2) is 16.4 Å². The molecule has 0 bridgehead atoms. The zero-order valence-corrected chi connectivity index (χ0v) is 22.3. The molecule has 1 aromatic carbocycles. The number of pyridine rings is 1. The average molecular weight is 554 g/mol. The van der Waals surface area contributed by atoms with Crippen LogP contribution in [0.25, 0.3) is 22.4 Å². The standard InChI is InChI=1S/C26H28FN7O4S/c1-14-29-24-19(30-18-7-6-15(9-21(18)39(36)37)20-12-28-13-33(20)2)11-22(32-26(35)16-10-17(16)27)31-25(24)34(14)23-5-3-4-8-38-23/h6-7,9,11-13,16-17,23,39H,3-5,8,10H2,1-2H3,(H2,30,31,32,35)/t16-,17+,23?/m1/s1. The van der Waals surface area contributed by atoms with Crippen LogP contribution in [0, 0.1) is 12.8 Å². The van der Waals surface area contributed by atoms with Crippen LogP contribution in [0.5, 0.6) is 0 Å². The van der Waals surface area contributed by atoms with Crippen molar-refractivity contribution in [1.29, 1.82) is 0 Å². The maximum absolute atomic E-state index is 13.6. The SMILES string of the molecule is Cc1nc2c(Nc3ccc(-c4cncn4C)cc3[SH](=O)=O)cc(NC(=O)[C@@H]3C[C@@H]3F)nc2n1C1CCCCO1. The highest BCUT2D eigenvalue weighted by Gasteiger charge is 2.43. The van der Waals surface area contributed by atoms with Crippen LogP contribution in [0.4, 0.5) is 21.6 Å². The van der Waals surface area contributed by atoms with Crippen molar-refractivity contribution in [2.45, 2.75) is 49.9 Å². The Kier molecular flexibility index (Phi) is 6.55. The maximum Gasteiger partial charge on any atom is 0.231 e. The minimum absolute atomic E-state index is 0.0873. The quantitative estimate of drug-likeness (QED) is 0.294. The van der Waals surface area contributed by atoms with Crippen molar-refractivity contribution >= 4 is 45.0 Å². The van der Waals surface area contributed by atoms with Crippen LogP contribution in [0.2, 0.25) is 0 Å². The Labute approximate surface area is 225 Å².